The van der Waals surface area contributed by atoms with Crippen LogP contribution in [0, 0.1) is 17.8 Å². The molecule has 3 N–H and O–H groups in total. The molecule has 0 aliphatic rings. The molecule has 0 aliphatic carbocycles. The van der Waals surface area contributed by atoms with Crippen LogP contribution in [0.25, 0.3) is 0 Å². The van der Waals surface area contributed by atoms with Gasteiger partial charge in [0.1, 0.15) is 19.3 Å². The highest BCUT2D eigenvalue weighted by atomic mass is 31.2. The number of carbonyl (C=O) groups excluding carboxylic acids is 4. The van der Waals surface area contributed by atoms with E-state index in [2.05, 4.69) is 48.5 Å². The lowest BCUT2D eigenvalue weighted by Gasteiger charge is -2.21. The highest BCUT2D eigenvalue weighted by Crippen LogP contribution is 2.45. The number of rotatable bonds is 71. The van der Waals surface area contributed by atoms with Crippen molar-refractivity contribution in [3.63, 3.8) is 0 Å². The highest BCUT2D eigenvalue weighted by molar-refractivity contribution is 7.47. The zero-order valence-electron chi connectivity index (χ0n) is 60.0. The van der Waals surface area contributed by atoms with Gasteiger partial charge >= 0.3 is 39.5 Å². The molecule has 0 heterocycles. The molecule has 6 atom stereocenters. The second-order valence-corrected chi connectivity index (χ2v) is 30.4. The summed E-state index contributed by atoms with van der Waals surface area (Å²) in [5.74, 6) is 0.107. The zero-order chi connectivity index (χ0) is 68.0. The van der Waals surface area contributed by atoms with E-state index in [1.54, 1.807) is 0 Å². The van der Waals surface area contributed by atoms with E-state index in [-0.39, 0.29) is 25.7 Å². The summed E-state index contributed by atoms with van der Waals surface area (Å²) in [4.78, 5) is 72.7. The van der Waals surface area contributed by atoms with Crippen molar-refractivity contribution in [3.05, 3.63) is 0 Å². The molecule has 546 valence electrons. The van der Waals surface area contributed by atoms with Crippen molar-refractivity contribution in [3.8, 4) is 0 Å². The molecule has 0 radical (unpaired) electrons. The van der Waals surface area contributed by atoms with Crippen LogP contribution in [-0.2, 0) is 65.4 Å². The first-order valence-corrected chi connectivity index (χ1v) is 40.9. The number of esters is 4. The Bertz CT molecular complexity index is 1800. The van der Waals surface area contributed by atoms with Crippen LogP contribution in [0.3, 0.4) is 0 Å². The summed E-state index contributed by atoms with van der Waals surface area (Å²) >= 11 is 0. The number of phosphoric ester groups is 2. The van der Waals surface area contributed by atoms with Gasteiger partial charge in [-0.15, -0.1) is 0 Å². The summed E-state index contributed by atoms with van der Waals surface area (Å²) in [6.45, 7) is 11.8. The van der Waals surface area contributed by atoms with Crippen LogP contribution in [-0.4, -0.2) is 96.7 Å². The summed E-state index contributed by atoms with van der Waals surface area (Å²) in [6, 6.07) is 0. The Morgan fingerprint density at radius 3 is 0.826 bits per heavy atom. The predicted octanol–water partition coefficient (Wildman–Crippen LogP) is 21.0. The van der Waals surface area contributed by atoms with Crippen LogP contribution in [0.2, 0.25) is 0 Å². The number of hydrogen-bond donors (Lipinski definition) is 3. The van der Waals surface area contributed by atoms with Crippen LogP contribution >= 0.6 is 15.6 Å². The maximum atomic E-state index is 13.1. The van der Waals surface area contributed by atoms with Gasteiger partial charge in [0.25, 0.3) is 0 Å². The fraction of sp³-hybridized carbons (Fsp3) is 0.945. The van der Waals surface area contributed by atoms with Crippen LogP contribution in [0.15, 0.2) is 0 Å². The number of hydrogen-bond acceptors (Lipinski definition) is 15. The first-order valence-electron chi connectivity index (χ1n) is 37.9. The minimum atomic E-state index is -4.96. The molecule has 3 unspecified atom stereocenters. The van der Waals surface area contributed by atoms with E-state index >= 15 is 0 Å². The molecule has 0 bridgehead atoms. The number of aliphatic hydroxyl groups is 1. The second-order valence-electron chi connectivity index (χ2n) is 27.5. The third-order valence-corrected chi connectivity index (χ3v) is 19.1. The average molecular weight is 1350 g/mol. The molecule has 0 spiro atoms. The van der Waals surface area contributed by atoms with Crippen molar-refractivity contribution in [1.82, 2.24) is 0 Å². The lowest BCUT2D eigenvalue weighted by Crippen LogP contribution is -2.30. The average Bonchev–Trinajstić information content (AvgIpc) is 1.97. The van der Waals surface area contributed by atoms with Gasteiger partial charge in [-0.2, -0.15) is 0 Å². The molecule has 17 nitrogen and oxygen atoms in total. The molecular formula is C73H142O17P2. The summed E-state index contributed by atoms with van der Waals surface area (Å²) in [5.41, 5.74) is 0. The first-order chi connectivity index (χ1) is 44.3. The van der Waals surface area contributed by atoms with E-state index in [1.807, 2.05) is 0 Å². The fourth-order valence-corrected chi connectivity index (χ4v) is 12.6. The van der Waals surface area contributed by atoms with Crippen molar-refractivity contribution >= 4 is 39.5 Å². The van der Waals surface area contributed by atoms with E-state index in [1.165, 1.54) is 173 Å². The summed E-state index contributed by atoms with van der Waals surface area (Å²) in [5, 5.41) is 10.6. The van der Waals surface area contributed by atoms with E-state index in [9.17, 15) is 43.2 Å². The number of ether oxygens (including phenoxy) is 4. The second kappa shape index (κ2) is 63.8. The van der Waals surface area contributed by atoms with Crippen LogP contribution in [0.4, 0.5) is 0 Å². The first kappa shape index (κ1) is 90.1. The Morgan fingerprint density at radius 2 is 0.554 bits per heavy atom. The largest absolute Gasteiger partial charge is 0.472 e. The molecule has 19 heteroatoms. The smallest absolute Gasteiger partial charge is 0.462 e. The van der Waals surface area contributed by atoms with Crippen molar-refractivity contribution in [1.29, 1.82) is 0 Å². The van der Waals surface area contributed by atoms with Crippen LogP contribution in [0.5, 0.6) is 0 Å². The Morgan fingerprint density at radius 1 is 0.315 bits per heavy atom. The molecule has 0 amide bonds. The fourth-order valence-electron chi connectivity index (χ4n) is 11.0. The summed E-state index contributed by atoms with van der Waals surface area (Å²) in [7, 11) is -9.91. The molecule has 0 aromatic carbocycles. The van der Waals surface area contributed by atoms with Gasteiger partial charge in [-0.3, -0.25) is 37.3 Å². The van der Waals surface area contributed by atoms with Gasteiger partial charge in [-0.05, 0) is 43.4 Å². The van der Waals surface area contributed by atoms with Crippen molar-refractivity contribution in [2.75, 3.05) is 39.6 Å². The quantitative estimate of drug-likeness (QED) is 0.0222. The van der Waals surface area contributed by atoms with E-state index in [4.69, 9.17) is 37.0 Å². The Hall–Kier alpha value is -1.94. The van der Waals surface area contributed by atoms with Gasteiger partial charge in [0.2, 0.25) is 0 Å². The topological polar surface area (TPSA) is 237 Å². The maximum Gasteiger partial charge on any atom is 0.472 e. The molecule has 92 heavy (non-hydrogen) atoms. The van der Waals surface area contributed by atoms with Gasteiger partial charge in [-0.25, -0.2) is 9.13 Å². The molecule has 0 fully saturated rings. The zero-order valence-corrected chi connectivity index (χ0v) is 61.8. The van der Waals surface area contributed by atoms with Crippen LogP contribution < -0.4 is 0 Å². The molecule has 0 aromatic rings. The SMILES string of the molecule is CCCCCCCCCCCCCCCCCCC(=O)O[C@H](COC(=O)CCCCCCCCCCCCCCC(C)C)COP(=O)(O)OC[C@@H](O)COP(=O)(O)OC[C@@H](COC(=O)CCCCCCCCC(C)C)OC(=O)CCCCCCCCCCC(C)CC. The molecule has 0 aromatic heterocycles. The van der Waals surface area contributed by atoms with Gasteiger partial charge in [0.05, 0.1) is 26.4 Å². The molecule has 0 saturated carbocycles. The standard InChI is InChI=1S/C73H142O17P2/c1-8-10-11-12-13-14-15-16-17-18-19-24-27-33-42-49-56-72(77)89-68(60-83-70(75)54-47-40-32-26-23-21-20-22-25-30-37-44-51-64(3)4)62-87-91(79,80)85-58-67(74)59-86-92(81,82)88-63-69(61-84-71(76)55-48-41-36-35-38-45-52-65(5)6)90-73(78)57-50-43-34-29-28-31-39-46-53-66(7)9-2/h64-69,74H,8-63H2,1-7H3,(H,79,80)(H,81,82)/t66?,67-,68-,69-/m1/s1. The number of phosphoric acid groups is 2. The number of unbranched alkanes of at least 4 members (excludes halogenated alkanes) is 38. The maximum absolute atomic E-state index is 13.1. The Labute approximate surface area is 562 Å². The lowest BCUT2D eigenvalue weighted by atomic mass is 9.99. The Kier molecular flexibility index (Phi) is 62.4. The van der Waals surface area contributed by atoms with Gasteiger partial charge in [-0.1, -0.05) is 318 Å². The number of aliphatic hydroxyl groups excluding tert-OH is 1. The lowest BCUT2D eigenvalue weighted by molar-refractivity contribution is -0.161. The minimum Gasteiger partial charge on any atom is -0.462 e. The molecule has 0 rings (SSSR count). The third kappa shape index (κ3) is 65.4. The van der Waals surface area contributed by atoms with Crippen molar-refractivity contribution in [2.24, 2.45) is 17.8 Å². The summed E-state index contributed by atoms with van der Waals surface area (Å²) in [6.07, 6.45) is 48.6. The van der Waals surface area contributed by atoms with Gasteiger partial charge in [0.15, 0.2) is 12.2 Å². The highest BCUT2D eigenvalue weighted by Gasteiger charge is 2.30. The van der Waals surface area contributed by atoms with Crippen molar-refractivity contribution < 1.29 is 80.2 Å². The Balaban J connectivity index is 5.25. The third-order valence-electron chi connectivity index (χ3n) is 17.2. The summed E-state index contributed by atoms with van der Waals surface area (Å²) < 4.78 is 68.4. The number of carbonyl (C=O) groups is 4. The van der Waals surface area contributed by atoms with Crippen molar-refractivity contribution in [2.45, 2.75) is 388 Å². The normalized spacial score (nSPS) is 14.4. The van der Waals surface area contributed by atoms with Gasteiger partial charge in [0, 0.05) is 25.7 Å². The molecule has 0 aliphatic heterocycles. The predicted molar refractivity (Wildman–Crippen MR) is 372 cm³/mol. The van der Waals surface area contributed by atoms with E-state index in [0.29, 0.717) is 31.6 Å². The van der Waals surface area contributed by atoms with E-state index < -0.39 is 97.5 Å². The molecular weight excluding hydrogens is 1210 g/mol. The van der Waals surface area contributed by atoms with Gasteiger partial charge < -0.3 is 33.8 Å². The monoisotopic (exact) mass is 1350 g/mol. The van der Waals surface area contributed by atoms with E-state index in [0.717, 1.165) is 108 Å². The van der Waals surface area contributed by atoms with Crippen LogP contribution in [0.1, 0.15) is 370 Å². The molecule has 0 saturated heterocycles. The minimum absolute atomic E-state index is 0.104.